The highest BCUT2D eigenvalue weighted by atomic mass is 32.1. The Balaban J connectivity index is 2.21. The molecule has 1 atom stereocenters. The second kappa shape index (κ2) is 7.94. The number of rotatable bonds is 8. The van der Waals surface area contributed by atoms with E-state index in [9.17, 15) is 14.7 Å². The average Bonchev–Trinajstić information content (AvgIpc) is 2.90. The van der Waals surface area contributed by atoms with Crippen molar-refractivity contribution in [3.05, 3.63) is 41.3 Å². The van der Waals surface area contributed by atoms with Gasteiger partial charge in [-0.15, -0.1) is 17.9 Å². The molecule has 7 heteroatoms. The first-order valence-electron chi connectivity index (χ1n) is 7.27. The smallest absolute Gasteiger partial charge is 0.328 e. The number of hydrogen-bond donors (Lipinski definition) is 2. The molecule has 0 spiro atoms. The zero-order valence-electron chi connectivity index (χ0n) is 13.5. The summed E-state index contributed by atoms with van der Waals surface area (Å²) in [5, 5.41) is 12.6. The van der Waals surface area contributed by atoms with Gasteiger partial charge in [-0.1, -0.05) is 6.08 Å². The molecule has 0 saturated carbocycles. The molecular weight excluding hydrogens is 330 g/mol. The predicted octanol–water partition coefficient (Wildman–Crippen LogP) is 2.60. The Morgan fingerprint density at radius 3 is 2.83 bits per heavy atom. The van der Waals surface area contributed by atoms with Gasteiger partial charge in [0.05, 0.1) is 25.2 Å². The average molecular weight is 349 g/mol. The van der Waals surface area contributed by atoms with Gasteiger partial charge < -0.3 is 19.9 Å². The van der Waals surface area contributed by atoms with Gasteiger partial charge >= 0.3 is 5.97 Å². The molecule has 2 N–H and O–H groups in total. The lowest BCUT2D eigenvalue weighted by Crippen LogP contribution is -2.44. The minimum absolute atomic E-state index is 0.120. The fourth-order valence-corrected chi connectivity index (χ4v) is 3.30. The van der Waals surface area contributed by atoms with Crippen LogP contribution in [0.1, 0.15) is 15.2 Å². The van der Waals surface area contributed by atoms with Gasteiger partial charge in [0.2, 0.25) is 0 Å². The largest absolute Gasteiger partial charge is 0.497 e. The lowest BCUT2D eigenvalue weighted by atomic mass is 10.1. The Labute approximate surface area is 143 Å². The van der Waals surface area contributed by atoms with E-state index >= 15 is 0 Å². The summed E-state index contributed by atoms with van der Waals surface area (Å²) in [5.74, 6) is -0.869. The number of aliphatic carboxylic acids is 1. The molecule has 1 aromatic heterocycles. The van der Waals surface area contributed by atoms with Gasteiger partial charge in [-0.05, 0) is 36.1 Å². The zero-order valence-corrected chi connectivity index (χ0v) is 14.3. The predicted molar refractivity (Wildman–Crippen MR) is 93.0 cm³/mol. The summed E-state index contributed by atoms with van der Waals surface area (Å²) in [5.41, 5.74) is 0.794. The molecule has 1 amide bonds. The minimum atomic E-state index is -1.15. The molecule has 1 heterocycles. The number of carboxylic acids is 1. The van der Waals surface area contributed by atoms with Gasteiger partial charge in [0, 0.05) is 4.70 Å². The van der Waals surface area contributed by atoms with Crippen molar-refractivity contribution >= 4 is 33.3 Å². The number of fused-ring (bicyclic) bond motifs is 1. The number of ether oxygens (including phenoxy) is 2. The molecule has 0 saturated heterocycles. The van der Waals surface area contributed by atoms with E-state index in [0.29, 0.717) is 10.6 Å². The van der Waals surface area contributed by atoms with Crippen LogP contribution < -0.4 is 10.1 Å². The van der Waals surface area contributed by atoms with Crippen molar-refractivity contribution < 1.29 is 24.2 Å². The monoisotopic (exact) mass is 349 g/mol. The summed E-state index contributed by atoms with van der Waals surface area (Å²) in [7, 11) is 1.58. The highest BCUT2D eigenvalue weighted by Crippen LogP contribution is 2.33. The molecule has 2 rings (SSSR count). The van der Waals surface area contributed by atoms with Crippen molar-refractivity contribution in [2.45, 2.75) is 13.0 Å². The van der Waals surface area contributed by atoms with Crippen LogP contribution in [0.25, 0.3) is 10.1 Å². The van der Waals surface area contributed by atoms with Crippen molar-refractivity contribution in [3.63, 3.8) is 0 Å². The summed E-state index contributed by atoms with van der Waals surface area (Å²) in [6, 6.07) is 4.45. The van der Waals surface area contributed by atoms with E-state index in [1.54, 1.807) is 7.11 Å². The Kier molecular flexibility index (Phi) is 5.94. The minimum Gasteiger partial charge on any atom is -0.497 e. The molecule has 0 bridgehead atoms. The molecule has 128 valence electrons. The van der Waals surface area contributed by atoms with E-state index < -0.39 is 17.9 Å². The maximum atomic E-state index is 12.5. The van der Waals surface area contributed by atoms with Gasteiger partial charge in [-0.25, -0.2) is 4.79 Å². The van der Waals surface area contributed by atoms with Crippen LogP contribution in [0.4, 0.5) is 0 Å². The molecule has 1 aromatic carbocycles. The van der Waals surface area contributed by atoms with Crippen LogP contribution in [0, 0.1) is 6.92 Å². The van der Waals surface area contributed by atoms with Crippen LogP contribution in [0.3, 0.4) is 0 Å². The number of methoxy groups -OCH3 is 1. The van der Waals surface area contributed by atoms with E-state index in [2.05, 4.69) is 11.9 Å². The van der Waals surface area contributed by atoms with Crippen molar-refractivity contribution in [1.82, 2.24) is 5.32 Å². The lowest BCUT2D eigenvalue weighted by Gasteiger charge is -2.14. The molecule has 6 nitrogen and oxygen atoms in total. The Bertz CT molecular complexity index is 768. The molecule has 2 aromatic rings. The molecule has 1 unspecified atom stereocenters. The molecule has 0 aliphatic rings. The Morgan fingerprint density at radius 2 is 2.21 bits per heavy atom. The summed E-state index contributed by atoms with van der Waals surface area (Å²) in [4.78, 5) is 24.2. The first kappa shape index (κ1) is 18.0. The number of amides is 1. The van der Waals surface area contributed by atoms with E-state index in [1.165, 1.54) is 17.4 Å². The third-order valence-electron chi connectivity index (χ3n) is 3.47. The molecule has 0 fully saturated rings. The third kappa shape index (κ3) is 3.93. The second-order valence-electron chi connectivity index (χ2n) is 5.11. The highest BCUT2D eigenvalue weighted by molar-refractivity contribution is 7.21. The number of benzene rings is 1. The number of carbonyl (C=O) groups excluding carboxylic acids is 1. The zero-order chi connectivity index (χ0) is 17.7. The van der Waals surface area contributed by atoms with E-state index in [0.717, 1.165) is 15.6 Å². The number of carbonyl (C=O) groups is 2. The summed E-state index contributed by atoms with van der Waals surface area (Å²) in [6.07, 6.45) is 1.52. The summed E-state index contributed by atoms with van der Waals surface area (Å²) < 4.78 is 11.3. The number of nitrogens with one attached hydrogen (secondary N) is 1. The van der Waals surface area contributed by atoms with Crippen LogP contribution in [-0.4, -0.2) is 43.3 Å². The molecule has 0 aliphatic carbocycles. The van der Waals surface area contributed by atoms with Gasteiger partial charge in [0.25, 0.3) is 5.91 Å². The Morgan fingerprint density at radius 1 is 1.46 bits per heavy atom. The quantitative estimate of drug-likeness (QED) is 0.565. The van der Waals surface area contributed by atoms with Gasteiger partial charge in [-0.2, -0.15) is 0 Å². The third-order valence-corrected chi connectivity index (χ3v) is 4.74. The summed E-state index contributed by atoms with van der Waals surface area (Å²) >= 11 is 1.32. The SMILES string of the molecule is C=CCOCC(NC(=O)c1sc2ccc(OC)cc2c1C)C(=O)O. The number of thiophene rings is 1. The number of carboxylic acid groups (broad SMARTS) is 1. The van der Waals surface area contributed by atoms with Crippen molar-refractivity contribution in [1.29, 1.82) is 0 Å². The first-order valence-corrected chi connectivity index (χ1v) is 8.09. The van der Waals surface area contributed by atoms with E-state index in [1.807, 2.05) is 25.1 Å². The van der Waals surface area contributed by atoms with Crippen LogP contribution in [0.5, 0.6) is 5.75 Å². The van der Waals surface area contributed by atoms with Gasteiger partial charge in [0.1, 0.15) is 5.75 Å². The number of aryl methyl sites for hydroxylation is 1. The first-order chi connectivity index (χ1) is 11.5. The molecule has 0 aliphatic heterocycles. The van der Waals surface area contributed by atoms with Crippen molar-refractivity contribution in [2.75, 3.05) is 20.3 Å². The van der Waals surface area contributed by atoms with Crippen LogP contribution >= 0.6 is 11.3 Å². The molecule has 0 radical (unpaired) electrons. The van der Waals surface area contributed by atoms with Crippen molar-refractivity contribution in [3.8, 4) is 5.75 Å². The topological polar surface area (TPSA) is 84.9 Å². The van der Waals surface area contributed by atoms with Gasteiger partial charge in [0.15, 0.2) is 6.04 Å². The number of hydrogen-bond acceptors (Lipinski definition) is 5. The second-order valence-corrected chi connectivity index (χ2v) is 6.16. The highest BCUT2D eigenvalue weighted by Gasteiger charge is 2.23. The fraction of sp³-hybridized carbons (Fsp3) is 0.294. The maximum Gasteiger partial charge on any atom is 0.328 e. The standard InChI is InChI=1S/C17H19NO5S/c1-4-7-23-9-13(17(20)21)18-16(19)15-10(2)12-8-11(22-3)5-6-14(12)24-15/h4-6,8,13H,1,7,9H2,2-3H3,(H,18,19)(H,20,21). The lowest BCUT2D eigenvalue weighted by molar-refractivity contribution is -0.140. The maximum absolute atomic E-state index is 12.5. The Hall–Kier alpha value is -2.38. The molecule has 24 heavy (non-hydrogen) atoms. The van der Waals surface area contributed by atoms with Gasteiger partial charge in [-0.3, -0.25) is 4.79 Å². The van der Waals surface area contributed by atoms with Crippen LogP contribution in [0.2, 0.25) is 0 Å². The summed E-state index contributed by atoms with van der Waals surface area (Å²) in [6.45, 7) is 5.43. The molecular formula is C17H19NO5S. The van der Waals surface area contributed by atoms with Crippen LogP contribution in [0.15, 0.2) is 30.9 Å². The van der Waals surface area contributed by atoms with Crippen molar-refractivity contribution in [2.24, 2.45) is 0 Å². The van der Waals surface area contributed by atoms with E-state index in [4.69, 9.17) is 9.47 Å². The normalized spacial score (nSPS) is 11.9. The fourth-order valence-electron chi connectivity index (χ4n) is 2.21. The van der Waals surface area contributed by atoms with E-state index in [-0.39, 0.29) is 13.2 Å². The van der Waals surface area contributed by atoms with Crippen LogP contribution in [-0.2, 0) is 9.53 Å².